The highest BCUT2D eigenvalue weighted by atomic mass is 32.2. The molecule has 6 heteroatoms. The van der Waals surface area contributed by atoms with Crippen LogP contribution in [0.4, 0.5) is 0 Å². The van der Waals surface area contributed by atoms with E-state index in [1.165, 1.54) is 6.07 Å². The van der Waals surface area contributed by atoms with E-state index < -0.39 is 11.2 Å². The second-order valence-electron chi connectivity index (χ2n) is 4.01. The maximum atomic E-state index is 11.7. The molecule has 2 aromatic rings. The van der Waals surface area contributed by atoms with E-state index in [4.69, 9.17) is 4.74 Å². The van der Waals surface area contributed by atoms with Gasteiger partial charge in [-0.05, 0) is 41.5 Å². The Labute approximate surface area is 119 Å². The van der Waals surface area contributed by atoms with E-state index >= 15 is 0 Å². The zero-order chi connectivity index (χ0) is 14.5. The third kappa shape index (κ3) is 3.28. The number of nitrogens with one attached hydrogen (secondary N) is 1. The molecule has 0 aliphatic heterocycles. The Bertz CT molecular complexity index is 660. The molecule has 0 aliphatic carbocycles. The Balaban J connectivity index is 2.41. The molecular formula is C14H14N2O3S. The maximum Gasteiger partial charge on any atom is 0.264 e. The minimum absolute atomic E-state index is 0.255. The Hall–Kier alpha value is -2.05. The quantitative estimate of drug-likeness (QED) is 0.869. The topological polar surface area (TPSA) is 78.0 Å². The fourth-order valence-electron chi connectivity index (χ4n) is 1.73. The molecule has 5 nitrogen and oxygen atoms in total. The number of aromatic amines is 1. The second kappa shape index (κ2) is 6.40. The number of H-pyrrole nitrogens is 1. The highest BCUT2D eigenvalue weighted by Crippen LogP contribution is 2.27. The lowest BCUT2D eigenvalue weighted by atomic mass is 10.1. The summed E-state index contributed by atoms with van der Waals surface area (Å²) in [6, 6.07) is 8.39. The molecule has 0 saturated heterocycles. The van der Waals surface area contributed by atoms with Crippen LogP contribution in [-0.2, 0) is 11.2 Å². The molecule has 1 unspecified atom stereocenters. The smallest absolute Gasteiger partial charge is 0.264 e. The normalized spacial score (nSPS) is 12.6. The molecule has 0 bridgehead atoms. The van der Waals surface area contributed by atoms with Gasteiger partial charge in [0.2, 0.25) is 0 Å². The van der Waals surface area contributed by atoms with Crippen LogP contribution < -0.4 is 10.3 Å². The third-order valence-electron chi connectivity index (χ3n) is 2.68. The molecule has 20 heavy (non-hydrogen) atoms. The van der Waals surface area contributed by atoms with Gasteiger partial charge in [0.1, 0.15) is 12.0 Å². The largest absolute Gasteiger partial charge is 0.612 e. The van der Waals surface area contributed by atoms with Gasteiger partial charge in [-0.1, -0.05) is 6.07 Å². The van der Waals surface area contributed by atoms with Gasteiger partial charge in [0.15, 0.2) is 4.90 Å². The number of hydrogen-bond acceptors (Lipinski definition) is 4. The minimum atomic E-state index is -1.12. The van der Waals surface area contributed by atoms with Crippen LogP contribution in [0.15, 0.2) is 40.0 Å². The monoisotopic (exact) mass is 290 g/mol. The van der Waals surface area contributed by atoms with Gasteiger partial charge in [0.05, 0.1) is 18.4 Å². The summed E-state index contributed by atoms with van der Waals surface area (Å²) in [5.74, 6) is 0.637. The molecule has 1 aromatic carbocycles. The van der Waals surface area contributed by atoms with Gasteiger partial charge in [-0.2, -0.15) is 5.10 Å². The van der Waals surface area contributed by atoms with Crippen molar-refractivity contribution in [2.45, 2.75) is 4.90 Å². The first-order chi connectivity index (χ1) is 9.61. The first-order valence-electron chi connectivity index (χ1n) is 5.86. The van der Waals surface area contributed by atoms with Crippen LogP contribution in [-0.4, -0.2) is 28.1 Å². The average Bonchev–Trinajstić information content (AvgIpc) is 2.46. The van der Waals surface area contributed by atoms with Crippen LogP contribution in [0.3, 0.4) is 0 Å². The second-order valence-corrected chi connectivity index (χ2v) is 5.35. The molecule has 0 spiro atoms. The molecule has 1 heterocycles. The Morgan fingerprint density at radius 3 is 2.70 bits per heavy atom. The summed E-state index contributed by atoms with van der Waals surface area (Å²) in [6.07, 6.45) is 5.12. The first kappa shape index (κ1) is 14.4. The van der Waals surface area contributed by atoms with Crippen LogP contribution in [0.5, 0.6) is 5.75 Å². The van der Waals surface area contributed by atoms with Crippen molar-refractivity contribution in [3.05, 3.63) is 51.9 Å². The van der Waals surface area contributed by atoms with E-state index in [1.807, 2.05) is 0 Å². The van der Waals surface area contributed by atoms with Crippen LogP contribution in [0.1, 0.15) is 11.3 Å². The Morgan fingerprint density at radius 2 is 2.10 bits per heavy atom. The summed E-state index contributed by atoms with van der Waals surface area (Å²) >= 11 is -1.12. The van der Waals surface area contributed by atoms with Crippen molar-refractivity contribution in [2.75, 3.05) is 13.4 Å². The summed E-state index contributed by atoms with van der Waals surface area (Å²) in [7, 11) is 1.56. The van der Waals surface area contributed by atoms with Crippen LogP contribution in [0.25, 0.3) is 12.2 Å². The molecule has 0 amide bonds. The van der Waals surface area contributed by atoms with E-state index in [0.717, 1.165) is 5.56 Å². The van der Waals surface area contributed by atoms with Gasteiger partial charge in [-0.25, -0.2) is 5.10 Å². The Kier molecular flexibility index (Phi) is 4.60. The molecule has 0 saturated carbocycles. The number of benzene rings is 1. The van der Waals surface area contributed by atoms with Gasteiger partial charge < -0.3 is 9.29 Å². The Morgan fingerprint density at radius 1 is 1.30 bits per heavy atom. The van der Waals surface area contributed by atoms with Crippen molar-refractivity contribution in [1.82, 2.24) is 10.2 Å². The zero-order valence-electron chi connectivity index (χ0n) is 11.1. The zero-order valence-corrected chi connectivity index (χ0v) is 11.9. The predicted octanol–water partition coefficient (Wildman–Crippen LogP) is 1.69. The van der Waals surface area contributed by atoms with Crippen molar-refractivity contribution in [1.29, 1.82) is 0 Å². The van der Waals surface area contributed by atoms with Crippen molar-refractivity contribution < 1.29 is 9.29 Å². The van der Waals surface area contributed by atoms with Crippen molar-refractivity contribution in [2.24, 2.45) is 0 Å². The lowest BCUT2D eigenvalue weighted by molar-refractivity contribution is 0.412. The third-order valence-corrected chi connectivity index (χ3v) is 3.65. The SMILES string of the molecule is COc1cccc([S+](C)[O-])c1C=Cc1ccc(=O)[nH]n1. The molecule has 1 N–H and O–H groups in total. The molecule has 104 valence electrons. The fourth-order valence-corrected chi connectivity index (χ4v) is 2.48. The lowest BCUT2D eigenvalue weighted by Crippen LogP contribution is -2.05. The molecule has 0 radical (unpaired) electrons. The van der Waals surface area contributed by atoms with Gasteiger partial charge in [0, 0.05) is 6.07 Å². The van der Waals surface area contributed by atoms with Crippen LogP contribution in [0.2, 0.25) is 0 Å². The van der Waals surface area contributed by atoms with Crippen molar-refractivity contribution in [3.63, 3.8) is 0 Å². The summed E-state index contributed by atoms with van der Waals surface area (Å²) in [4.78, 5) is 11.6. The van der Waals surface area contributed by atoms with E-state index in [-0.39, 0.29) is 5.56 Å². The van der Waals surface area contributed by atoms with Gasteiger partial charge in [-0.15, -0.1) is 0 Å². The summed E-state index contributed by atoms with van der Waals surface area (Å²) in [6.45, 7) is 0. The molecule has 0 aliphatic rings. The van der Waals surface area contributed by atoms with E-state index in [0.29, 0.717) is 16.3 Å². The van der Waals surface area contributed by atoms with E-state index in [1.54, 1.807) is 49.8 Å². The maximum absolute atomic E-state index is 11.7. The molecule has 1 atom stereocenters. The standard InChI is InChI=1S/C14H14N2O3S/c1-19-12-4-3-5-13(20(2)18)11(12)8-6-10-7-9-14(17)16-15-10/h3-9H,1-2H3,(H,16,17). The highest BCUT2D eigenvalue weighted by molar-refractivity contribution is 7.90. The first-order valence-corrected chi connectivity index (χ1v) is 7.42. The summed E-state index contributed by atoms with van der Waals surface area (Å²) in [5, 5.41) is 6.24. The minimum Gasteiger partial charge on any atom is -0.612 e. The number of hydrogen-bond donors (Lipinski definition) is 1. The van der Waals surface area contributed by atoms with Crippen molar-refractivity contribution in [3.8, 4) is 5.75 Å². The van der Waals surface area contributed by atoms with Gasteiger partial charge in [0.25, 0.3) is 5.56 Å². The lowest BCUT2D eigenvalue weighted by Gasteiger charge is -2.11. The number of rotatable bonds is 4. The fraction of sp³-hybridized carbons (Fsp3) is 0.143. The molecular weight excluding hydrogens is 276 g/mol. The van der Waals surface area contributed by atoms with Gasteiger partial charge in [-0.3, -0.25) is 4.79 Å². The molecule has 2 rings (SSSR count). The average molecular weight is 290 g/mol. The van der Waals surface area contributed by atoms with E-state index in [9.17, 15) is 9.35 Å². The van der Waals surface area contributed by atoms with Crippen LogP contribution in [0, 0.1) is 0 Å². The summed E-state index contributed by atoms with van der Waals surface area (Å²) < 4.78 is 17.0. The van der Waals surface area contributed by atoms with E-state index in [2.05, 4.69) is 10.2 Å². The van der Waals surface area contributed by atoms with Crippen molar-refractivity contribution >= 4 is 23.3 Å². The van der Waals surface area contributed by atoms with Crippen LogP contribution >= 0.6 is 0 Å². The number of methoxy groups -OCH3 is 1. The summed E-state index contributed by atoms with van der Waals surface area (Å²) in [5.41, 5.74) is 1.09. The number of ether oxygens (including phenoxy) is 1. The predicted molar refractivity (Wildman–Crippen MR) is 79.1 cm³/mol. The molecule has 0 fully saturated rings. The number of aromatic nitrogens is 2. The number of nitrogens with zero attached hydrogens (tertiary/aromatic N) is 1. The molecule has 1 aromatic heterocycles. The highest BCUT2D eigenvalue weighted by Gasteiger charge is 2.13. The van der Waals surface area contributed by atoms with Gasteiger partial charge >= 0.3 is 0 Å².